The van der Waals surface area contributed by atoms with E-state index in [2.05, 4.69) is 20.9 Å². The highest BCUT2D eigenvalue weighted by atomic mass is 79.9. The van der Waals surface area contributed by atoms with E-state index in [1.54, 1.807) is 12.1 Å². The molecule has 0 aliphatic rings. The zero-order chi connectivity index (χ0) is 9.26. The number of rotatable bonds is 2. The molecule has 0 saturated carbocycles. The van der Waals surface area contributed by atoms with Gasteiger partial charge in [-0.15, -0.1) is 0 Å². The van der Waals surface area contributed by atoms with Gasteiger partial charge in [-0.05, 0) is 28.1 Å². The molecule has 2 aromatic rings. The molecule has 13 heavy (non-hydrogen) atoms. The van der Waals surface area contributed by atoms with Gasteiger partial charge < -0.3 is 8.83 Å². The second-order valence-electron chi connectivity index (χ2n) is 2.29. The third-order valence-corrected chi connectivity index (χ3v) is 1.85. The Bertz CT molecular complexity index is 432. The molecule has 0 amide bonds. The van der Waals surface area contributed by atoms with Gasteiger partial charge in [-0.1, -0.05) is 0 Å². The summed E-state index contributed by atoms with van der Waals surface area (Å²) >= 11 is 3.15. The maximum absolute atomic E-state index is 10.3. The molecule has 0 fully saturated rings. The molecule has 0 bridgehead atoms. The fraction of sp³-hybridized carbons (Fsp3) is 0. The first-order valence-electron chi connectivity index (χ1n) is 3.46. The number of hydrogen-bond acceptors (Lipinski definition) is 4. The molecule has 0 saturated heterocycles. The van der Waals surface area contributed by atoms with Gasteiger partial charge in [0.2, 0.25) is 0 Å². The minimum atomic E-state index is 0.183. The van der Waals surface area contributed by atoms with Crippen molar-refractivity contribution in [1.29, 1.82) is 0 Å². The van der Waals surface area contributed by atoms with E-state index < -0.39 is 0 Å². The van der Waals surface area contributed by atoms with Crippen LogP contribution in [0.5, 0.6) is 0 Å². The Labute approximate surface area is 81.7 Å². The minimum Gasteiger partial charge on any atom is -0.444 e. The predicted molar refractivity (Wildman–Crippen MR) is 47.3 cm³/mol. The Morgan fingerprint density at radius 2 is 2.23 bits per heavy atom. The van der Waals surface area contributed by atoms with Crippen molar-refractivity contribution < 1.29 is 13.6 Å². The molecule has 0 radical (unpaired) electrons. The lowest BCUT2D eigenvalue weighted by molar-refractivity contribution is 0.110. The normalized spacial score (nSPS) is 10.2. The Hall–Kier alpha value is -1.36. The summed E-state index contributed by atoms with van der Waals surface area (Å²) in [6.07, 6.45) is 1.94. The van der Waals surface area contributed by atoms with Gasteiger partial charge in [0.1, 0.15) is 0 Å². The van der Waals surface area contributed by atoms with Crippen LogP contribution in [0.3, 0.4) is 0 Å². The highest BCUT2D eigenvalue weighted by Crippen LogP contribution is 2.23. The Balaban J connectivity index is 2.40. The zero-order valence-corrected chi connectivity index (χ0v) is 7.95. The number of aromatic nitrogens is 1. The van der Waals surface area contributed by atoms with E-state index in [1.807, 2.05) is 0 Å². The molecule has 2 heterocycles. The van der Waals surface area contributed by atoms with Crippen molar-refractivity contribution in [2.75, 3.05) is 0 Å². The van der Waals surface area contributed by atoms with Crippen LogP contribution in [0.2, 0.25) is 0 Å². The van der Waals surface area contributed by atoms with Gasteiger partial charge in [-0.2, -0.15) is 0 Å². The molecule has 0 aliphatic carbocycles. The van der Waals surface area contributed by atoms with Crippen LogP contribution in [0.15, 0.2) is 31.8 Å². The van der Waals surface area contributed by atoms with Crippen molar-refractivity contribution >= 4 is 22.2 Å². The van der Waals surface area contributed by atoms with Crippen LogP contribution in [0, 0.1) is 0 Å². The Morgan fingerprint density at radius 3 is 2.77 bits per heavy atom. The minimum absolute atomic E-state index is 0.183. The van der Waals surface area contributed by atoms with E-state index in [9.17, 15) is 4.79 Å². The highest BCUT2D eigenvalue weighted by molar-refractivity contribution is 9.10. The van der Waals surface area contributed by atoms with Crippen molar-refractivity contribution in [3.63, 3.8) is 0 Å². The van der Waals surface area contributed by atoms with Gasteiger partial charge in [0.25, 0.3) is 5.89 Å². The zero-order valence-electron chi connectivity index (χ0n) is 6.36. The number of nitrogens with zero attached hydrogens (tertiary/aromatic N) is 1. The van der Waals surface area contributed by atoms with Crippen LogP contribution in [0.4, 0.5) is 0 Å². The van der Waals surface area contributed by atoms with Gasteiger partial charge in [0.05, 0.1) is 6.20 Å². The van der Waals surface area contributed by atoms with Crippen molar-refractivity contribution in [2.24, 2.45) is 0 Å². The summed E-state index contributed by atoms with van der Waals surface area (Å²) in [6, 6.07) is 3.42. The number of carbonyl (C=O) groups excluding carboxylic acids is 1. The third-order valence-electron chi connectivity index (χ3n) is 1.42. The van der Waals surface area contributed by atoms with E-state index >= 15 is 0 Å². The molecular weight excluding hydrogens is 238 g/mol. The summed E-state index contributed by atoms with van der Waals surface area (Å²) in [5.41, 5.74) is 0. The first-order chi connectivity index (χ1) is 6.29. The molecular formula is C8H4BrNO3. The molecule has 0 aliphatic heterocycles. The van der Waals surface area contributed by atoms with Crippen LogP contribution in [-0.2, 0) is 0 Å². The Kier molecular flexibility index (Phi) is 2.02. The molecule has 0 N–H and O–H groups in total. The average Bonchev–Trinajstić information content (AvgIpc) is 2.71. The van der Waals surface area contributed by atoms with Gasteiger partial charge in [0, 0.05) is 0 Å². The second-order valence-corrected chi connectivity index (χ2v) is 3.07. The summed E-state index contributed by atoms with van der Waals surface area (Å²) in [5, 5.41) is 0. The summed E-state index contributed by atoms with van der Waals surface area (Å²) in [4.78, 5) is 14.1. The molecule has 0 unspecified atom stereocenters. The van der Waals surface area contributed by atoms with Crippen molar-refractivity contribution in [3.8, 4) is 11.7 Å². The quantitative estimate of drug-likeness (QED) is 0.759. The van der Waals surface area contributed by atoms with Crippen LogP contribution in [0.25, 0.3) is 11.7 Å². The van der Waals surface area contributed by atoms with Crippen molar-refractivity contribution in [2.45, 2.75) is 0 Å². The lowest BCUT2D eigenvalue weighted by Crippen LogP contribution is -1.69. The maximum Gasteiger partial charge on any atom is 0.263 e. The molecule has 0 spiro atoms. The summed E-state index contributed by atoms with van der Waals surface area (Å²) in [5.74, 6) is 0.968. The SMILES string of the molecule is O=Cc1cnc(-c2ccc(Br)o2)o1. The van der Waals surface area contributed by atoms with Crippen molar-refractivity contribution in [3.05, 3.63) is 28.8 Å². The van der Waals surface area contributed by atoms with Gasteiger partial charge in [-0.3, -0.25) is 4.79 Å². The standard InChI is InChI=1S/C8H4BrNO3/c9-7-2-1-6(13-7)8-10-3-5(4-11)12-8/h1-4H. The van der Waals surface area contributed by atoms with E-state index in [0.717, 1.165) is 0 Å². The summed E-state index contributed by atoms with van der Waals surface area (Å²) in [7, 11) is 0. The molecule has 4 nitrogen and oxygen atoms in total. The van der Waals surface area contributed by atoms with Gasteiger partial charge in [-0.25, -0.2) is 4.98 Å². The molecule has 5 heteroatoms. The van der Waals surface area contributed by atoms with E-state index in [1.165, 1.54) is 6.20 Å². The molecule has 0 aromatic carbocycles. The van der Waals surface area contributed by atoms with E-state index in [4.69, 9.17) is 8.83 Å². The number of furan rings is 1. The van der Waals surface area contributed by atoms with E-state index in [0.29, 0.717) is 22.6 Å². The Morgan fingerprint density at radius 1 is 1.38 bits per heavy atom. The van der Waals surface area contributed by atoms with Crippen molar-refractivity contribution in [1.82, 2.24) is 4.98 Å². The molecule has 0 atom stereocenters. The second kappa shape index (κ2) is 3.18. The summed E-state index contributed by atoms with van der Waals surface area (Å²) < 4.78 is 10.8. The fourth-order valence-electron chi connectivity index (χ4n) is 0.884. The summed E-state index contributed by atoms with van der Waals surface area (Å²) in [6.45, 7) is 0. The van der Waals surface area contributed by atoms with Gasteiger partial charge in [0.15, 0.2) is 22.5 Å². The third kappa shape index (κ3) is 1.55. The first-order valence-corrected chi connectivity index (χ1v) is 4.25. The smallest absolute Gasteiger partial charge is 0.263 e. The number of aldehydes is 1. The van der Waals surface area contributed by atoms with Crippen LogP contribution in [-0.4, -0.2) is 11.3 Å². The molecule has 2 aromatic heterocycles. The maximum atomic E-state index is 10.3. The number of oxazole rings is 1. The number of halogens is 1. The number of carbonyl (C=O) groups is 1. The predicted octanol–water partition coefficient (Wildman–Crippen LogP) is 2.51. The lowest BCUT2D eigenvalue weighted by atomic mass is 10.4. The topological polar surface area (TPSA) is 56.2 Å². The molecule has 2 rings (SSSR count). The van der Waals surface area contributed by atoms with Gasteiger partial charge >= 0.3 is 0 Å². The fourth-order valence-corrected chi connectivity index (χ4v) is 1.19. The first kappa shape index (κ1) is 8.25. The molecule has 66 valence electrons. The monoisotopic (exact) mass is 241 g/mol. The lowest BCUT2D eigenvalue weighted by Gasteiger charge is -1.85. The highest BCUT2D eigenvalue weighted by Gasteiger charge is 2.09. The van der Waals surface area contributed by atoms with E-state index in [-0.39, 0.29) is 5.76 Å². The van der Waals surface area contributed by atoms with Crippen LogP contribution in [0.1, 0.15) is 10.6 Å². The van der Waals surface area contributed by atoms with Crippen LogP contribution < -0.4 is 0 Å². The number of hydrogen-bond donors (Lipinski definition) is 0. The van der Waals surface area contributed by atoms with Crippen LogP contribution >= 0.6 is 15.9 Å². The largest absolute Gasteiger partial charge is 0.444 e. The average molecular weight is 242 g/mol.